The van der Waals surface area contributed by atoms with E-state index in [4.69, 9.17) is 5.11 Å². The number of hydrogen-bond acceptors (Lipinski definition) is 3. The van der Waals surface area contributed by atoms with Crippen LogP contribution >= 0.6 is 0 Å². The normalized spacial score (nSPS) is 11.8. The number of hydrogen-bond donors (Lipinski definition) is 3. The molecule has 0 aliphatic rings. The van der Waals surface area contributed by atoms with Crippen LogP contribution in [-0.2, 0) is 4.79 Å². The van der Waals surface area contributed by atoms with E-state index in [0.29, 0.717) is 6.42 Å². The Hall–Kier alpha value is -2.11. The van der Waals surface area contributed by atoms with Gasteiger partial charge in [-0.3, -0.25) is 9.59 Å². The Bertz CT molecular complexity index is 461. The summed E-state index contributed by atoms with van der Waals surface area (Å²) in [4.78, 5) is 35.9. The Morgan fingerprint density at radius 3 is 2.67 bits per heavy atom. The minimum absolute atomic E-state index is 0.234. The summed E-state index contributed by atoms with van der Waals surface area (Å²) in [5, 5.41) is 11.4. The van der Waals surface area contributed by atoms with Crippen LogP contribution in [0.3, 0.4) is 0 Å². The molecule has 1 atom stereocenters. The van der Waals surface area contributed by atoms with Crippen LogP contribution in [0.1, 0.15) is 36.5 Å². The summed E-state index contributed by atoms with van der Waals surface area (Å²) in [6.45, 7) is 1.95. The summed E-state index contributed by atoms with van der Waals surface area (Å²) in [6.07, 6.45) is 3.23. The third kappa shape index (κ3) is 4.04. The van der Waals surface area contributed by atoms with E-state index in [2.05, 4.69) is 10.3 Å². The minimum atomic E-state index is -1.05. The van der Waals surface area contributed by atoms with Crippen molar-refractivity contribution in [3.05, 3.63) is 34.2 Å². The zero-order valence-corrected chi connectivity index (χ0v) is 10.1. The summed E-state index contributed by atoms with van der Waals surface area (Å²) in [5.41, 5.74) is -0.0790. The SMILES string of the molecule is CCCCC(NC(=O)c1ccc(=O)[nH]c1)C(=O)O. The molecule has 1 heterocycles. The molecule has 18 heavy (non-hydrogen) atoms. The van der Waals surface area contributed by atoms with Crippen molar-refractivity contribution < 1.29 is 14.7 Å². The zero-order valence-electron chi connectivity index (χ0n) is 10.1. The van der Waals surface area contributed by atoms with Crippen LogP contribution in [0.5, 0.6) is 0 Å². The highest BCUT2D eigenvalue weighted by atomic mass is 16.4. The van der Waals surface area contributed by atoms with Gasteiger partial charge in [-0.2, -0.15) is 0 Å². The smallest absolute Gasteiger partial charge is 0.326 e. The molecular weight excluding hydrogens is 236 g/mol. The Kier molecular flexibility index (Phi) is 5.10. The number of unbranched alkanes of at least 4 members (excludes halogenated alkanes) is 1. The third-order valence-electron chi connectivity index (χ3n) is 2.50. The van der Waals surface area contributed by atoms with Gasteiger partial charge < -0.3 is 15.4 Å². The van der Waals surface area contributed by atoms with E-state index >= 15 is 0 Å². The molecule has 0 bridgehead atoms. The number of aromatic nitrogens is 1. The first-order valence-corrected chi connectivity index (χ1v) is 5.77. The summed E-state index contributed by atoms with van der Waals surface area (Å²) in [5.74, 6) is -1.56. The molecule has 1 rings (SSSR count). The first kappa shape index (κ1) is 14.0. The highest BCUT2D eigenvalue weighted by Gasteiger charge is 2.19. The fraction of sp³-hybridized carbons (Fsp3) is 0.417. The minimum Gasteiger partial charge on any atom is -0.480 e. The second kappa shape index (κ2) is 6.58. The molecule has 98 valence electrons. The molecule has 6 heteroatoms. The van der Waals surface area contributed by atoms with E-state index in [0.717, 1.165) is 12.8 Å². The van der Waals surface area contributed by atoms with Crippen LogP contribution in [-0.4, -0.2) is 28.0 Å². The number of H-pyrrole nitrogens is 1. The van der Waals surface area contributed by atoms with Crippen molar-refractivity contribution in [2.24, 2.45) is 0 Å². The highest BCUT2D eigenvalue weighted by Crippen LogP contribution is 2.03. The topological polar surface area (TPSA) is 99.3 Å². The average molecular weight is 252 g/mol. The Labute approximate surface area is 104 Å². The van der Waals surface area contributed by atoms with Gasteiger partial charge in [-0.15, -0.1) is 0 Å². The number of nitrogens with one attached hydrogen (secondary N) is 2. The summed E-state index contributed by atoms with van der Waals surface area (Å²) < 4.78 is 0. The van der Waals surface area contributed by atoms with Gasteiger partial charge in [0, 0.05) is 12.3 Å². The maximum Gasteiger partial charge on any atom is 0.326 e. The van der Waals surface area contributed by atoms with E-state index in [9.17, 15) is 14.4 Å². The molecule has 6 nitrogen and oxygen atoms in total. The van der Waals surface area contributed by atoms with Crippen LogP contribution in [0.2, 0.25) is 0 Å². The first-order chi connectivity index (χ1) is 8.54. The van der Waals surface area contributed by atoms with Crippen molar-refractivity contribution >= 4 is 11.9 Å². The Morgan fingerprint density at radius 1 is 1.44 bits per heavy atom. The Balaban J connectivity index is 2.68. The molecule has 0 saturated heterocycles. The van der Waals surface area contributed by atoms with Crippen LogP contribution in [0.15, 0.2) is 23.1 Å². The summed E-state index contributed by atoms with van der Waals surface area (Å²) in [7, 11) is 0. The second-order valence-corrected chi connectivity index (χ2v) is 3.95. The lowest BCUT2D eigenvalue weighted by molar-refractivity contribution is -0.139. The van der Waals surface area contributed by atoms with Gasteiger partial charge in [0.2, 0.25) is 5.56 Å². The second-order valence-electron chi connectivity index (χ2n) is 3.95. The maximum atomic E-state index is 11.7. The lowest BCUT2D eigenvalue weighted by Crippen LogP contribution is -2.40. The monoisotopic (exact) mass is 252 g/mol. The van der Waals surface area contributed by atoms with Crippen molar-refractivity contribution in [2.75, 3.05) is 0 Å². The van der Waals surface area contributed by atoms with E-state index in [1.807, 2.05) is 6.92 Å². The van der Waals surface area contributed by atoms with E-state index in [-0.39, 0.29) is 11.1 Å². The lowest BCUT2D eigenvalue weighted by Gasteiger charge is -2.13. The van der Waals surface area contributed by atoms with Crippen molar-refractivity contribution in [1.29, 1.82) is 0 Å². The van der Waals surface area contributed by atoms with Gasteiger partial charge in [0.15, 0.2) is 0 Å². The van der Waals surface area contributed by atoms with Crippen molar-refractivity contribution in [1.82, 2.24) is 10.3 Å². The van der Waals surface area contributed by atoms with Gasteiger partial charge in [0.25, 0.3) is 5.91 Å². The average Bonchev–Trinajstić information content (AvgIpc) is 2.34. The number of carbonyl (C=O) groups is 2. The molecule has 0 radical (unpaired) electrons. The predicted molar refractivity (Wildman–Crippen MR) is 65.5 cm³/mol. The quantitative estimate of drug-likeness (QED) is 0.695. The molecule has 1 aromatic rings. The van der Waals surface area contributed by atoms with Crippen molar-refractivity contribution in [3.63, 3.8) is 0 Å². The van der Waals surface area contributed by atoms with Gasteiger partial charge in [0.1, 0.15) is 6.04 Å². The fourth-order valence-electron chi connectivity index (χ4n) is 1.46. The van der Waals surface area contributed by atoms with Crippen LogP contribution in [0.25, 0.3) is 0 Å². The van der Waals surface area contributed by atoms with Gasteiger partial charge in [-0.1, -0.05) is 19.8 Å². The molecule has 1 amide bonds. The van der Waals surface area contributed by atoms with Gasteiger partial charge in [0.05, 0.1) is 5.56 Å². The number of aromatic amines is 1. The number of amides is 1. The maximum absolute atomic E-state index is 11.7. The summed E-state index contributed by atoms with van der Waals surface area (Å²) >= 11 is 0. The first-order valence-electron chi connectivity index (χ1n) is 5.77. The number of pyridine rings is 1. The van der Waals surface area contributed by atoms with Crippen LogP contribution < -0.4 is 10.9 Å². The van der Waals surface area contributed by atoms with E-state index in [1.54, 1.807) is 0 Å². The lowest BCUT2D eigenvalue weighted by atomic mass is 10.1. The molecule has 3 N–H and O–H groups in total. The van der Waals surface area contributed by atoms with Crippen LogP contribution in [0, 0.1) is 0 Å². The molecule has 0 fully saturated rings. The van der Waals surface area contributed by atoms with E-state index in [1.165, 1.54) is 18.3 Å². The van der Waals surface area contributed by atoms with E-state index < -0.39 is 17.9 Å². The Morgan fingerprint density at radius 2 is 2.17 bits per heavy atom. The molecule has 1 aromatic heterocycles. The van der Waals surface area contributed by atoms with Crippen molar-refractivity contribution in [2.45, 2.75) is 32.2 Å². The third-order valence-corrected chi connectivity index (χ3v) is 2.50. The van der Waals surface area contributed by atoms with Gasteiger partial charge >= 0.3 is 5.97 Å². The molecular formula is C12H16N2O4. The highest BCUT2D eigenvalue weighted by molar-refractivity contribution is 5.96. The standard InChI is InChI=1S/C12H16N2O4/c1-2-3-4-9(12(17)18)14-11(16)8-5-6-10(15)13-7-8/h5-7,9H,2-4H2,1H3,(H,13,15)(H,14,16)(H,17,18). The summed E-state index contributed by atoms with van der Waals surface area (Å²) in [6, 6.07) is 1.67. The number of carbonyl (C=O) groups excluding carboxylic acids is 1. The molecule has 0 aliphatic heterocycles. The number of aliphatic carboxylic acids is 1. The molecule has 1 unspecified atom stereocenters. The number of rotatable bonds is 6. The predicted octanol–water partition coefficient (Wildman–Crippen LogP) is 0.748. The molecule has 0 aliphatic carbocycles. The van der Waals surface area contributed by atoms with Crippen molar-refractivity contribution in [3.8, 4) is 0 Å². The largest absolute Gasteiger partial charge is 0.480 e. The van der Waals surface area contributed by atoms with Gasteiger partial charge in [-0.05, 0) is 12.5 Å². The molecule has 0 aromatic carbocycles. The van der Waals surface area contributed by atoms with Crippen LogP contribution in [0.4, 0.5) is 0 Å². The molecule has 0 saturated carbocycles. The zero-order chi connectivity index (χ0) is 13.5. The fourth-order valence-corrected chi connectivity index (χ4v) is 1.46. The molecule has 0 spiro atoms. The number of carboxylic acids is 1. The van der Waals surface area contributed by atoms with Gasteiger partial charge in [-0.25, -0.2) is 4.79 Å². The number of carboxylic acid groups (broad SMARTS) is 1.